The van der Waals surface area contributed by atoms with E-state index in [0.29, 0.717) is 5.41 Å². The van der Waals surface area contributed by atoms with Crippen molar-refractivity contribution in [2.24, 2.45) is 5.41 Å². The molecule has 0 spiro atoms. The van der Waals surface area contributed by atoms with Gasteiger partial charge in [0.1, 0.15) is 0 Å². The monoisotopic (exact) mass is 244 g/mol. The van der Waals surface area contributed by atoms with Crippen LogP contribution < -0.4 is 5.32 Å². The zero-order chi connectivity index (χ0) is 12.0. The number of rotatable bonds is 6. The summed E-state index contributed by atoms with van der Waals surface area (Å²) in [5, 5.41) is 4.19. The molecule has 16 heavy (non-hydrogen) atoms. The molecule has 0 aromatic heterocycles. The van der Waals surface area contributed by atoms with Gasteiger partial charge < -0.3 is 10.2 Å². The highest BCUT2D eigenvalue weighted by Crippen LogP contribution is 2.29. The molecule has 0 amide bonds. The van der Waals surface area contributed by atoms with Crippen LogP contribution in [0.25, 0.3) is 0 Å². The summed E-state index contributed by atoms with van der Waals surface area (Å²) < 4.78 is 0. The minimum absolute atomic E-state index is 0.483. The lowest BCUT2D eigenvalue weighted by Gasteiger charge is -2.40. The first-order chi connectivity index (χ1) is 7.65. The van der Waals surface area contributed by atoms with Gasteiger partial charge in [-0.05, 0) is 25.3 Å². The maximum Gasteiger partial charge on any atom is 0.0147 e. The molecule has 1 N–H and O–H groups in total. The molecule has 0 saturated carbocycles. The standard InChI is InChI=1S/C13H28N2S/c1-5-13(6-2,10-14-4)11-15-7-8-16-12(3)9-15/h12,14H,5-11H2,1-4H3. The van der Waals surface area contributed by atoms with E-state index in [-0.39, 0.29) is 0 Å². The minimum atomic E-state index is 0.483. The minimum Gasteiger partial charge on any atom is -0.319 e. The van der Waals surface area contributed by atoms with Gasteiger partial charge in [0.25, 0.3) is 0 Å². The smallest absolute Gasteiger partial charge is 0.0147 e. The topological polar surface area (TPSA) is 15.3 Å². The van der Waals surface area contributed by atoms with E-state index in [9.17, 15) is 0 Å². The van der Waals surface area contributed by atoms with E-state index in [2.05, 4.69) is 49.8 Å². The summed E-state index contributed by atoms with van der Waals surface area (Å²) in [4.78, 5) is 2.67. The molecule has 96 valence electrons. The lowest BCUT2D eigenvalue weighted by atomic mass is 9.81. The van der Waals surface area contributed by atoms with Gasteiger partial charge in [0.2, 0.25) is 0 Å². The molecule has 1 fully saturated rings. The molecule has 0 aliphatic carbocycles. The van der Waals surface area contributed by atoms with Crippen LogP contribution in [-0.2, 0) is 0 Å². The zero-order valence-corrected chi connectivity index (χ0v) is 12.2. The van der Waals surface area contributed by atoms with Crippen LogP contribution in [0.15, 0.2) is 0 Å². The predicted octanol–water partition coefficient (Wildman–Crippen LogP) is 2.45. The Hall–Kier alpha value is 0.270. The van der Waals surface area contributed by atoms with Gasteiger partial charge in [0.05, 0.1) is 0 Å². The van der Waals surface area contributed by atoms with Gasteiger partial charge in [-0.15, -0.1) is 0 Å². The Labute approximate surface area is 106 Å². The fourth-order valence-corrected chi connectivity index (χ4v) is 3.75. The van der Waals surface area contributed by atoms with Gasteiger partial charge in [0, 0.05) is 37.2 Å². The van der Waals surface area contributed by atoms with Gasteiger partial charge in [-0.1, -0.05) is 20.8 Å². The summed E-state index contributed by atoms with van der Waals surface area (Å²) in [5.41, 5.74) is 0.483. The molecule has 1 aliphatic heterocycles. The Bertz CT molecular complexity index is 192. The largest absolute Gasteiger partial charge is 0.319 e. The summed E-state index contributed by atoms with van der Waals surface area (Å²) in [7, 11) is 2.08. The van der Waals surface area contributed by atoms with E-state index in [4.69, 9.17) is 0 Å². The van der Waals surface area contributed by atoms with Gasteiger partial charge in [-0.2, -0.15) is 11.8 Å². The first kappa shape index (κ1) is 14.3. The Morgan fingerprint density at radius 3 is 2.56 bits per heavy atom. The van der Waals surface area contributed by atoms with Crippen LogP contribution in [0.2, 0.25) is 0 Å². The molecule has 0 aromatic carbocycles. The van der Waals surface area contributed by atoms with Crippen molar-refractivity contribution in [1.82, 2.24) is 10.2 Å². The van der Waals surface area contributed by atoms with E-state index < -0.39 is 0 Å². The molecule has 1 atom stereocenters. The van der Waals surface area contributed by atoms with Gasteiger partial charge in [-0.3, -0.25) is 0 Å². The predicted molar refractivity (Wildman–Crippen MR) is 75.3 cm³/mol. The fourth-order valence-electron chi connectivity index (χ4n) is 2.66. The Morgan fingerprint density at radius 2 is 2.06 bits per heavy atom. The highest BCUT2D eigenvalue weighted by Gasteiger charge is 2.29. The van der Waals surface area contributed by atoms with Crippen molar-refractivity contribution in [2.75, 3.05) is 39.0 Å². The molecule has 3 heteroatoms. The van der Waals surface area contributed by atoms with E-state index >= 15 is 0 Å². The highest BCUT2D eigenvalue weighted by molar-refractivity contribution is 7.99. The molecular weight excluding hydrogens is 216 g/mol. The van der Waals surface area contributed by atoms with Crippen molar-refractivity contribution in [3.05, 3.63) is 0 Å². The summed E-state index contributed by atoms with van der Waals surface area (Å²) in [6, 6.07) is 0. The first-order valence-electron chi connectivity index (χ1n) is 6.64. The molecule has 1 unspecified atom stereocenters. The van der Waals surface area contributed by atoms with Crippen LogP contribution >= 0.6 is 11.8 Å². The van der Waals surface area contributed by atoms with Crippen molar-refractivity contribution >= 4 is 11.8 Å². The SMILES string of the molecule is CCC(CC)(CNC)CN1CCSC(C)C1. The molecule has 2 nitrogen and oxygen atoms in total. The zero-order valence-electron chi connectivity index (χ0n) is 11.4. The molecule has 1 rings (SSSR count). The quantitative estimate of drug-likeness (QED) is 0.772. The second-order valence-corrected chi connectivity index (χ2v) is 6.70. The van der Waals surface area contributed by atoms with Crippen molar-refractivity contribution < 1.29 is 0 Å². The maximum atomic E-state index is 3.38. The normalized spacial score (nSPS) is 23.6. The van der Waals surface area contributed by atoms with Crippen molar-refractivity contribution in [2.45, 2.75) is 38.9 Å². The third-order valence-corrected chi connectivity index (χ3v) is 5.07. The van der Waals surface area contributed by atoms with E-state index in [0.717, 1.165) is 11.8 Å². The highest BCUT2D eigenvalue weighted by atomic mass is 32.2. The molecule has 1 heterocycles. The van der Waals surface area contributed by atoms with Crippen LogP contribution in [0.5, 0.6) is 0 Å². The van der Waals surface area contributed by atoms with Crippen LogP contribution in [0.1, 0.15) is 33.6 Å². The van der Waals surface area contributed by atoms with E-state index in [1.165, 1.54) is 38.2 Å². The van der Waals surface area contributed by atoms with Gasteiger partial charge in [-0.25, -0.2) is 0 Å². The molecular formula is C13H28N2S. The molecule has 0 bridgehead atoms. The lowest BCUT2D eigenvalue weighted by molar-refractivity contribution is 0.140. The average molecular weight is 244 g/mol. The maximum absolute atomic E-state index is 3.38. The van der Waals surface area contributed by atoms with Gasteiger partial charge >= 0.3 is 0 Å². The van der Waals surface area contributed by atoms with E-state index in [1.807, 2.05) is 0 Å². The second-order valence-electron chi connectivity index (χ2n) is 5.15. The average Bonchev–Trinajstić information content (AvgIpc) is 2.28. The van der Waals surface area contributed by atoms with Crippen molar-refractivity contribution in [3.8, 4) is 0 Å². The number of nitrogens with one attached hydrogen (secondary N) is 1. The van der Waals surface area contributed by atoms with Crippen molar-refractivity contribution in [1.29, 1.82) is 0 Å². The number of hydrogen-bond donors (Lipinski definition) is 1. The second kappa shape index (κ2) is 6.87. The molecule has 0 radical (unpaired) electrons. The Kier molecular flexibility index (Phi) is 6.16. The number of thioether (sulfide) groups is 1. The number of nitrogens with zero attached hydrogens (tertiary/aromatic N) is 1. The summed E-state index contributed by atoms with van der Waals surface area (Å²) in [6.07, 6.45) is 2.56. The van der Waals surface area contributed by atoms with Gasteiger partial charge in [0.15, 0.2) is 0 Å². The van der Waals surface area contributed by atoms with Crippen LogP contribution in [0, 0.1) is 5.41 Å². The van der Waals surface area contributed by atoms with Crippen LogP contribution in [0.4, 0.5) is 0 Å². The fraction of sp³-hybridized carbons (Fsp3) is 1.00. The van der Waals surface area contributed by atoms with Crippen LogP contribution in [0.3, 0.4) is 0 Å². The summed E-state index contributed by atoms with van der Waals surface area (Å²) >= 11 is 2.12. The number of hydrogen-bond acceptors (Lipinski definition) is 3. The first-order valence-corrected chi connectivity index (χ1v) is 7.69. The van der Waals surface area contributed by atoms with Crippen molar-refractivity contribution in [3.63, 3.8) is 0 Å². The molecule has 1 saturated heterocycles. The third-order valence-electron chi connectivity index (χ3n) is 3.94. The lowest BCUT2D eigenvalue weighted by Crippen LogP contribution is -2.47. The summed E-state index contributed by atoms with van der Waals surface area (Å²) in [5.74, 6) is 1.31. The molecule has 0 aromatic rings. The third kappa shape index (κ3) is 3.94. The Balaban J connectivity index is 2.52. The summed E-state index contributed by atoms with van der Waals surface area (Å²) in [6.45, 7) is 12.0. The van der Waals surface area contributed by atoms with Crippen LogP contribution in [-0.4, -0.2) is 49.1 Å². The molecule has 1 aliphatic rings. The van der Waals surface area contributed by atoms with E-state index in [1.54, 1.807) is 0 Å². The Morgan fingerprint density at radius 1 is 1.38 bits per heavy atom.